The molecule has 3 aliphatic carbocycles. The van der Waals surface area contributed by atoms with Crippen LogP contribution in [0.15, 0.2) is 22.2 Å². The molecule has 3 atom stereocenters. The van der Waals surface area contributed by atoms with E-state index in [4.69, 9.17) is 4.74 Å². The van der Waals surface area contributed by atoms with Crippen LogP contribution in [0.5, 0.6) is 5.75 Å². The van der Waals surface area contributed by atoms with E-state index in [-0.39, 0.29) is 22.9 Å². The van der Waals surface area contributed by atoms with Crippen LogP contribution in [0, 0.1) is 23.1 Å². The summed E-state index contributed by atoms with van der Waals surface area (Å²) in [7, 11) is 1.52. The largest absolute Gasteiger partial charge is 0.496 e. The van der Waals surface area contributed by atoms with Crippen LogP contribution in [0.2, 0.25) is 0 Å². The molecule has 4 heteroatoms. The van der Waals surface area contributed by atoms with Gasteiger partial charge in [-0.3, -0.25) is 4.79 Å². The molecule has 0 aromatic heterocycles. The van der Waals surface area contributed by atoms with E-state index in [1.807, 2.05) is 0 Å². The quantitative estimate of drug-likeness (QED) is 0.763. The average molecular weight is 337 g/mol. The van der Waals surface area contributed by atoms with Crippen LogP contribution in [-0.2, 0) is 4.79 Å². The Morgan fingerprint density at radius 1 is 1.45 bits per heavy atom. The van der Waals surface area contributed by atoms with Gasteiger partial charge in [-0.05, 0) is 54.4 Å². The Balaban J connectivity index is 1.80. The summed E-state index contributed by atoms with van der Waals surface area (Å²) in [6, 6.07) is 3.14. The molecule has 20 heavy (non-hydrogen) atoms. The fraction of sp³-hybridized carbons (Fsp3) is 0.438. The van der Waals surface area contributed by atoms with Crippen molar-refractivity contribution in [2.24, 2.45) is 17.3 Å². The molecular weight excluding hydrogens is 323 g/mol. The Morgan fingerprint density at radius 3 is 2.85 bits per heavy atom. The first-order valence-electron chi connectivity index (χ1n) is 6.85. The van der Waals surface area contributed by atoms with Crippen LogP contribution in [0.3, 0.4) is 0 Å². The topological polar surface area (TPSA) is 26.3 Å². The molecular formula is C16H14BrFO2. The van der Waals surface area contributed by atoms with Crippen molar-refractivity contribution in [2.45, 2.75) is 19.3 Å². The number of rotatable bonds is 2. The second kappa shape index (κ2) is 3.94. The molecule has 0 bridgehead atoms. The number of carbonyl (C=O) groups excluding carboxylic acids is 1. The zero-order chi connectivity index (χ0) is 14.1. The Kier molecular flexibility index (Phi) is 2.48. The number of carbonyl (C=O) groups is 1. The number of ketones is 1. The molecule has 0 saturated heterocycles. The van der Waals surface area contributed by atoms with Gasteiger partial charge in [-0.25, -0.2) is 4.39 Å². The van der Waals surface area contributed by atoms with Gasteiger partial charge >= 0.3 is 0 Å². The SMILES string of the molecule is COc1cc(Br)cc(F)c1/C=C1\C(=O)C2CC23CCC13. The van der Waals surface area contributed by atoms with Crippen LogP contribution in [0.4, 0.5) is 4.39 Å². The Hall–Kier alpha value is -1.16. The molecule has 3 unspecified atom stereocenters. The first-order chi connectivity index (χ1) is 9.56. The number of halogens is 2. The molecule has 104 valence electrons. The van der Waals surface area contributed by atoms with E-state index in [0.717, 1.165) is 24.8 Å². The zero-order valence-electron chi connectivity index (χ0n) is 11.1. The minimum Gasteiger partial charge on any atom is -0.496 e. The Morgan fingerprint density at radius 2 is 2.25 bits per heavy atom. The maximum atomic E-state index is 14.2. The second-order valence-corrected chi connectivity index (χ2v) is 6.96. The maximum absolute atomic E-state index is 14.2. The standard InChI is InChI=1S/C16H14BrFO2/c1-20-14-5-8(17)4-13(18)10(14)6-9-11-2-3-16(11)7-12(16)15(9)19/h4-6,11-12H,2-3,7H2,1H3/b9-6-. The molecule has 1 aromatic rings. The Bertz CT molecular complexity index is 667. The van der Waals surface area contributed by atoms with Crippen molar-refractivity contribution in [3.63, 3.8) is 0 Å². The van der Waals surface area contributed by atoms with Gasteiger partial charge in [0.25, 0.3) is 0 Å². The van der Waals surface area contributed by atoms with Gasteiger partial charge < -0.3 is 4.74 Å². The van der Waals surface area contributed by atoms with Crippen LogP contribution in [0.25, 0.3) is 6.08 Å². The van der Waals surface area contributed by atoms with Gasteiger partial charge in [-0.2, -0.15) is 0 Å². The van der Waals surface area contributed by atoms with Gasteiger partial charge in [0.1, 0.15) is 11.6 Å². The van der Waals surface area contributed by atoms with Crippen molar-refractivity contribution in [3.05, 3.63) is 33.6 Å². The highest BCUT2D eigenvalue weighted by molar-refractivity contribution is 9.10. The fourth-order valence-corrected chi connectivity index (χ4v) is 4.44. The summed E-state index contributed by atoms with van der Waals surface area (Å²) in [6.45, 7) is 0. The third kappa shape index (κ3) is 1.46. The summed E-state index contributed by atoms with van der Waals surface area (Å²) in [4.78, 5) is 12.3. The van der Waals surface area contributed by atoms with Crippen LogP contribution >= 0.6 is 15.9 Å². The normalized spacial score (nSPS) is 35.5. The molecule has 0 aliphatic heterocycles. The van der Waals surface area contributed by atoms with E-state index in [1.54, 1.807) is 12.1 Å². The number of hydrogen-bond acceptors (Lipinski definition) is 2. The van der Waals surface area contributed by atoms with Crippen molar-refractivity contribution in [1.82, 2.24) is 0 Å². The summed E-state index contributed by atoms with van der Waals surface area (Å²) in [5.41, 5.74) is 1.47. The number of ether oxygens (including phenoxy) is 1. The maximum Gasteiger partial charge on any atom is 0.162 e. The van der Waals surface area contributed by atoms with Crippen LogP contribution < -0.4 is 4.74 Å². The van der Waals surface area contributed by atoms with E-state index in [1.165, 1.54) is 13.2 Å². The minimum atomic E-state index is -0.356. The lowest BCUT2D eigenvalue weighted by molar-refractivity contribution is -0.116. The number of benzene rings is 1. The first kappa shape index (κ1) is 12.6. The van der Waals surface area contributed by atoms with Gasteiger partial charge in [-0.15, -0.1) is 0 Å². The van der Waals surface area contributed by atoms with Gasteiger partial charge in [0, 0.05) is 10.4 Å². The van der Waals surface area contributed by atoms with Crippen molar-refractivity contribution < 1.29 is 13.9 Å². The number of hydrogen-bond donors (Lipinski definition) is 0. The number of allylic oxidation sites excluding steroid dienone is 1. The lowest BCUT2D eigenvalue weighted by Gasteiger charge is -2.34. The molecule has 0 N–H and O–H groups in total. The van der Waals surface area contributed by atoms with Gasteiger partial charge in [0.2, 0.25) is 0 Å². The Labute approximate surface area is 125 Å². The van der Waals surface area contributed by atoms with Crippen molar-refractivity contribution in [2.75, 3.05) is 7.11 Å². The van der Waals surface area contributed by atoms with E-state index in [2.05, 4.69) is 15.9 Å². The summed E-state index contributed by atoms with van der Waals surface area (Å²) >= 11 is 3.25. The molecule has 3 fully saturated rings. The summed E-state index contributed by atoms with van der Waals surface area (Å²) in [5, 5.41) is 0. The van der Waals surface area contributed by atoms with Crippen molar-refractivity contribution >= 4 is 27.8 Å². The summed E-state index contributed by atoms with van der Waals surface area (Å²) in [5.74, 6) is 0.915. The molecule has 1 aromatic carbocycles. The molecule has 0 amide bonds. The molecule has 1 spiro atoms. The third-order valence-corrected chi connectivity index (χ3v) is 5.72. The highest BCUT2D eigenvalue weighted by Crippen LogP contribution is 2.76. The van der Waals surface area contributed by atoms with E-state index < -0.39 is 0 Å². The molecule has 0 radical (unpaired) electrons. The smallest absolute Gasteiger partial charge is 0.162 e. The number of methoxy groups -OCH3 is 1. The van der Waals surface area contributed by atoms with Crippen LogP contribution in [0.1, 0.15) is 24.8 Å². The van der Waals surface area contributed by atoms with Gasteiger partial charge in [0.15, 0.2) is 5.78 Å². The summed E-state index contributed by atoms with van der Waals surface area (Å²) < 4.78 is 20.0. The highest BCUT2D eigenvalue weighted by Gasteiger charge is 2.73. The lowest BCUT2D eigenvalue weighted by atomic mass is 9.69. The van der Waals surface area contributed by atoms with Gasteiger partial charge in [-0.1, -0.05) is 15.9 Å². The molecule has 3 saturated carbocycles. The first-order valence-corrected chi connectivity index (χ1v) is 7.65. The monoisotopic (exact) mass is 336 g/mol. The van der Waals surface area contributed by atoms with Crippen molar-refractivity contribution in [1.29, 1.82) is 0 Å². The fourth-order valence-electron chi connectivity index (χ4n) is 4.03. The lowest BCUT2D eigenvalue weighted by Crippen LogP contribution is -2.26. The zero-order valence-corrected chi connectivity index (χ0v) is 12.7. The third-order valence-electron chi connectivity index (χ3n) is 5.26. The second-order valence-electron chi connectivity index (χ2n) is 6.05. The predicted octanol–water partition coefficient (Wildman–Crippen LogP) is 3.98. The highest BCUT2D eigenvalue weighted by atomic mass is 79.9. The molecule has 3 aliphatic rings. The van der Waals surface area contributed by atoms with E-state index in [9.17, 15) is 9.18 Å². The summed E-state index contributed by atoms with van der Waals surface area (Å²) in [6.07, 6.45) is 4.99. The molecule has 0 heterocycles. The number of Topliss-reactive ketones (excluding diaryl/α,β-unsaturated/α-hetero) is 1. The average Bonchev–Trinajstić information content (AvgIpc) is 3.12. The predicted molar refractivity (Wildman–Crippen MR) is 76.9 cm³/mol. The van der Waals surface area contributed by atoms with E-state index >= 15 is 0 Å². The van der Waals surface area contributed by atoms with Gasteiger partial charge in [0.05, 0.1) is 12.7 Å². The van der Waals surface area contributed by atoms with Crippen molar-refractivity contribution in [3.8, 4) is 5.75 Å². The molecule has 4 rings (SSSR count). The van der Waals surface area contributed by atoms with Crippen LogP contribution in [-0.4, -0.2) is 12.9 Å². The molecule has 2 nitrogen and oxygen atoms in total. The van der Waals surface area contributed by atoms with E-state index in [0.29, 0.717) is 21.7 Å². The minimum absolute atomic E-state index is 0.219.